The van der Waals surface area contributed by atoms with Gasteiger partial charge in [0, 0.05) is 12.3 Å². The monoisotopic (exact) mass is 263 g/mol. The molecular weight excluding hydrogens is 242 g/mol. The standard InChI is InChI=1S/C15H21NO3/c1-11-8-13(10-19-11)15(18)16-14-6-2-4-12(9-14)5-3-7-17/h2,4,6,9,11,13,17H,3,5,7-8,10H2,1H3,(H,16,18). The summed E-state index contributed by atoms with van der Waals surface area (Å²) in [5.74, 6) is -0.0141. The van der Waals surface area contributed by atoms with Gasteiger partial charge in [0.05, 0.1) is 18.6 Å². The Morgan fingerprint density at radius 2 is 2.37 bits per heavy atom. The molecule has 1 amide bonds. The number of ether oxygens (including phenoxy) is 1. The molecule has 1 aromatic rings. The number of aryl methyl sites for hydroxylation is 1. The number of carbonyl (C=O) groups excluding carboxylic acids is 1. The van der Waals surface area contributed by atoms with Crippen molar-refractivity contribution in [3.63, 3.8) is 0 Å². The van der Waals surface area contributed by atoms with E-state index in [4.69, 9.17) is 9.84 Å². The highest BCUT2D eigenvalue weighted by atomic mass is 16.5. The summed E-state index contributed by atoms with van der Waals surface area (Å²) in [6.07, 6.45) is 2.53. The maximum atomic E-state index is 12.1. The molecule has 2 unspecified atom stereocenters. The zero-order valence-corrected chi connectivity index (χ0v) is 11.3. The highest BCUT2D eigenvalue weighted by Crippen LogP contribution is 2.21. The second-order valence-corrected chi connectivity index (χ2v) is 5.09. The Bertz CT molecular complexity index is 433. The van der Waals surface area contributed by atoms with Crippen LogP contribution < -0.4 is 5.32 Å². The van der Waals surface area contributed by atoms with Crippen molar-refractivity contribution in [1.82, 2.24) is 0 Å². The van der Waals surface area contributed by atoms with Crippen LogP contribution in [0.4, 0.5) is 5.69 Å². The Hall–Kier alpha value is -1.39. The molecule has 19 heavy (non-hydrogen) atoms. The van der Waals surface area contributed by atoms with E-state index in [0.29, 0.717) is 6.61 Å². The predicted octanol–water partition coefficient (Wildman–Crippen LogP) is 1.97. The van der Waals surface area contributed by atoms with Crippen LogP contribution in [0.25, 0.3) is 0 Å². The van der Waals surface area contributed by atoms with E-state index in [2.05, 4.69) is 5.32 Å². The summed E-state index contributed by atoms with van der Waals surface area (Å²) in [6.45, 7) is 2.69. The lowest BCUT2D eigenvalue weighted by molar-refractivity contribution is -0.119. The first-order valence-corrected chi connectivity index (χ1v) is 6.81. The lowest BCUT2D eigenvalue weighted by atomic mass is 10.0. The molecule has 104 valence electrons. The first-order valence-electron chi connectivity index (χ1n) is 6.81. The summed E-state index contributed by atoms with van der Waals surface area (Å²) in [5.41, 5.74) is 1.95. The van der Waals surface area contributed by atoms with Crippen molar-refractivity contribution in [2.45, 2.75) is 32.3 Å². The number of nitrogens with one attached hydrogen (secondary N) is 1. The predicted molar refractivity (Wildman–Crippen MR) is 74.0 cm³/mol. The fourth-order valence-corrected chi connectivity index (χ4v) is 2.33. The topological polar surface area (TPSA) is 58.6 Å². The summed E-state index contributed by atoms with van der Waals surface area (Å²) in [6, 6.07) is 7.79. The average Bonchev–Trinajstić information content (AvgIpc) is 2.83. The first kappa shape index (κ1) is 14.0. The molecule has 0 saturated carbocycles. The minimum absolute atomic E-state index is 0.0312. The molecule has 0 aromatic heterocycles. The van der Waals surface area contributed by atoms with Gasteiger partial charge in [-0.15, -0.1) is 0 Å². The normalized spacial score (nSPS) is 22.4. The molecule has 2 rings (SSSR count). The van der Waals surface area contributed by atoms with Gasteiger partial charge in [-0.05, 0) is 43.9 Å². The summed E-state index contributed by atoms with van der Waals surface area (Å²) in [5, 5.41) is 11.8. The summed E-state index contributed by atoms with van der Waals surface area (Å²) < 4.78 is 5.41. The number of rotatable bonds is 5. The molecule has 2 atom stereocenters. The van der Waals surface area contributed by atoms with Gasteiger partial charge in [0.15, 0.2) is 0 Å². The second kappa shape index (κ2) is 6.68. The second-order valence-electron chi connectivity index (χ2n) is 5.09. The van der Waals surface area contributed by atoms with Gasteiger partial charge in [0.25, 0.3) is 0 Å². The number of hydrogen-bond donors (Lipinski definition) is 2. The zero-order valence-electron chi connectivity index (χ0n) is 11.3. The Morgan fingerprint density at radius 1 is 1.53 bits per heavy atom. The Morgan fingerprint density at radius 3 is 3.05 bits per heavy atom. The largest absolute Gasteiger partial charge is 0.396 e. The van der Waals surface area contributed by atoms with Crippen LogP contribution in [0.3, 0.4) is 0 Å². The number of benzene rings is 1. The molecule has 4 heteroatoms. The summed E-state index contributed by atoms with van der Waals surface area (Å²) in [7, 11) is 0. The molecule has 1 saturated heterocycles. The highest BCUT2D eigenvalue weighted by molar-refractivity contribution is 5.92. The van der Waals surface area contributed by atoms with E-state index in [1.165, 1.54) is 0 Å². The molecule has 1 heterocycles. The molecule has 0 spiro atoms. The van der Waals surface area contributed by atoms with E-state index < -0.39 is 0 Å². The molecule has 0 radical (unpaired) electrons. The number of anilines is 1. The maximum absolute atomic E-state index is 12.1. The molecule has 1 aliphatic heterocycles. The Kier molecular flexibility index (Phi) is 4.93. The van der Waals surface area contributed by atoms with E-state index in [-0.39, 0.29) is 24.5 Å². The van der Waals surface area contributed by atoms with Crippen LogP contribution in [0.5, 0.6) is 0 Å². The third-order valence-corrected chi connectivity index (χ3v) is 3.39. The van der Waals surface area contributed by atoms with Gasteiger partial charge >= 0.3 is 0 Å². The van der Waals surface area contributed by atoms with Crippen LogP contribution in [0.2, 0.25) is 0 Å². The SMILES string of the molecule is CC1CC(C(=O)Nc2cccc(CCCO)c2)CO1. The van der Waals surface area contributed by atoms with Crippen LogP contribution in [0, 0.1) is 5.92 Å². The minimum atomic E-state index is -0.0453. The van der Waals surface area contributed by atoms with Crippen molar-refractivity contribution in [1.29, 1.82) is 0 Å². The van der Waals surface area contributed by atoms with E-state index in [0.717, 1.165) is 30.5 Å². The number of amides is 1. The molecule has 4 nitrogen and oxygen atoms in total. The summed E-state index contributed by atoms with van der Waals surface area (Å²) >= 11 is 0. The number of aliphatic hydroxyl groups is 1. The van der Waals surface area contributed by atoms with Crippen LogP contribution in [-0.2, 0) is 16.0 Å². The van der Waals surface area contributed by atoms with Gasteiger partial charge in [0.2, 0.25) is 5.91 Å². The van der Waals surface area contributed by atoms with E-state index in [9.17, 15) is 4.79 Å². The Labute approximate surface area is 113 Å². The van der Waals surface area contributed by atoms with Crippen molar-refractivity contribution in [3.8, 4) is 0 Å². The van der Waals surface area contributed by atoms with Gasteiger partial charge < -0.3 is 15.2 Å². The molecule has 1 fully saturated rings. The van der Waals surface area contributed by atoms with Gasteiger partial charge in [-0.25, -0.2) is 0 Å². The zero-order chi connectivity index (χ0) is 13.7. The van der Waals surface area contributed by atoms with Crippen LogP contribution >= 0.6 is 0 Å². The summed E-state index contributed by atoms with van der Waals surface area (Å²) in [4.78, 5) is 12.1. The van der Waals surface area contributed by atoms with Crippen molar-refractivity contribution in [2.75, 3.05) is 18.5 Å². The van der Waals surface area contributed by atoms with Crippen molar-refractivity contribution in [3.05, 3.63) is 29.8 Å². The molecule has 0 bridgehead atoms. The van der Waals surface area contributed by atoms with Gasteiger partial charge in [-0.2, -0.15) is 0 Å². The number of aliphatic hydroxyl groups excluding tert-OH is 1. The lowest BCUT2D eigenvalue weighted by Gasteiger charge is -2.10. The fourth-order valence-electron chi connectivity index (χ4n) is 2.33. The molecule has 1 aliphatic rings. The fraction of sp³-hybridized carbons (Fsp3) is 0.533. The van der Waals surface area contributed by atoms with Crippen molar-refractivity contribution >= 4 is 11.6 Å². The minimum Gasteiger partial charge on any atom is -0.396 e. The van der Waals surface area contributed by atoms with Gasteiger partial charge in [-0.1, -0.05) is 12.1 Å². The number of carbonyl (C=O) groups is 1. The Balaban J connectivity index is 1.93. The average molecular weight is 263 g/mol. The van der Waals surface area contributed by atoms with E-state index >= 15 is 0 Å². The van der Waals surface area contributed by atoms with Crippen molar-refractivity contribution in [2.24, 2.45) is 5.92 Å². The molecule has 1 aromatic carbocycles. The smallest absolute Gasteiger partial charge is 0.229 e. The highest BCUT2D eigenvalue weighted by Gasteiger charge is 2.28. The lowest BCUT2D eigenvalue weighted by Crippen LogP contribution is -2.23. The van der Waals surface area contributed by atoms with Gasteiger partial charge in [0.1, 0.15) is 0 Å². The number of hydrogen-bond acceptors (Lipinski definition) is 3. The molecule has 0 aliphatic carbocycles. The van der Waals surface area contributed by atoms with Crippen molar-refractivity contribution < 1.29 is 14.6 Å². The first-order chi connectivity index (χ1) is 9.19. The quantitative estimate of drug-likeness (QED) is 0.854. The molecular formula is C15H21NO3. The maximum Gasteiger partial charge on any atom is 0.229 e. The van der Waals surface area contributed by atoms with Gasteiger partial charge in [-0.3, -0.25) is 4.79 Å². The third kappa shape index (κ3) is 4.04. The van der Waals surface area contributed by atoms with E-state index in [1.54, 1.807) is 0 Å². The molecule has 2 N–H and O–H groups in total. The van der Waals surface area contributed by atoms with Crippen LogP contribution in [-0.4, -0.2) is 30.3 Å². The van der Waals surface area contributed by atoms with Crippen LogP contribution in [0.15, 0.2) is 24.3 Å². The third-order valence-electron chi connectivity index (χ3n) is 3.39. The van der Waals surface area contributed by atoms with E-state index in [1.807, 2.05) is 31.2 Å². The van der Waals surface area contributed by atoms with Crippen LogP contribution in [0.1, 0.15) is 25.3 Å².